The zero-order valence-corrected chi connectivity index (χ0v) is 9.43. The van der Waals surface area contributed by atoms with E-state index in [-0.39, 0.29) is 11.5 Å². The molecule has 0 heterocycles. The molecule has 1 aliphatic carbocycles. The molecule has 80 valence electrons. The molecule has 1 atom stereocenters. The van der Waals surface area contributed by atoms with E-state index in [1.54, 1.807) is 13.0 Å². The summed E-state index contributed by atoms with van der Waals surface area (Å²) in [6.07, 6.45) is 4.07. The molecule has 1 rings (SSSR count). The number of hydrogen-bond acceptors (Lipinski definition) is 3. The van der Waals surface area contributed by atoms with E-state index >= 15 is 0 Å². The molecule has 0 fully saturated rings. The molecule has 1 aliphatic rings. The van der Waals surface area contributed by atoms with Crippen LogP contribution in [0.3, 0.4) is 0 Å². The molecule has 0 amide bonds. The van der Waals surface area contributed by atoms with E-state index in [2.05, 4.69) is 0 Å². The zero-order chi connectivity index (χ0) is 10.8. The average Bonchev–Trinajstić information content (AvgIpc) is 2.18. The number of sulfone groups is 1. The Morgan fingerprint density at radius 1 is 1.57 bits per heavy atom. The van der Waals surface area contributed by atoms with Crippen LogP contribution in [0.2, 0.25) is 0 Å². The molecule has 4 heteroatoms. The van der Waals surface area contributed by atoms with Gasteiger partial charge in [-0.3, -0.25) is 4.79 Å². The Bertz CT molecular complexity index is 352. The number of carbonyl (C=O) groups excluding carboxylic acids is 1. The Balaban J connectivity index is 3.04. The molecule has 0 bridgehead atoms. The summed E-state index contributed by atoms with van der Waals surface area (Å²) in [5.74, 6) is 0.00850. The van der Waals surface area contributed by atoms with Gasteiger partial charge in [0.2, 0.25) is 0 Å². The maximum absolute atomic E-state index is 11.7. The van der Waals surface area contributed by atoms with Crippen molar-refractivity contribution >= 4 is 15.6 Å². The second kappa shape index (κ2) is 4.26. The predicted octanol–water partition coefficient (Wildman–Crippen LogP) is 1.49. The Kier molecular flexibility index (Phi) is 3.48. The molecular formula is C10H16O3S. The first-order valence-corrected chi connectivity index (χ1v) is 6.63. The summed E-state index contributed by atoms with van der Waals surface area (Å²) in [6, 6.07) is 0. The second-order valence-electron chi connectivity index (χ2n) is 3.59. The van der Waals surface area contributed by atoms with Gasteiger partial charge in [0, 0.05) is 11.3 Å². The van der Waals surface area contributed by atoms with Crippen molar-refractivity contribution in [1.29, 1.82) is 0 Å². The van der Waals surface area contributed by atoms with Crippen LogP contribution in [-0.4, -0.2) is 25.2 Å². The molecule has 1 unspecified atom stereocenters. The van der Waals surface area contributed by atoms with Crippen LogP contribution in [0, 0.1) is 0 Å². The fourth-order valence-electron chi connectivity index (χ4n) is 1.79. The minimum absolute atomic E-state index is 0.105. The van der Waals surface area contributed by atoms with E-state index in [0.717, 1.165) is 12.8 Å². The average molecular weight is 216 g/mol. The Hall–Kier alpha value is -0.640. The first-order chi connectivity index (χ1) is 6.49. The summed E-state index contributed by atoms with van der Waals surface area (Å²) in [4.78, 5) is 11.2. The summed E-state index contributed by atoms with van der Waals surface area (Å²) < 4.78 is 23.4. The first-order valence-electron chi connectivity index (χ1n) is 4.91. The monoisotopic (exact) mass is 216 g/mol. The lowest BCUT2D eigenvalue weighted by molar-refractivity contribution is -0.113. The van der Waals surface area contributed by atoms with E-state index in [0.29, 0.717) is 12.0 Å². The number of ketones is 1. The van der Waals surface area contributed by atoms with Crippen LogP contribution in [-0.2, 0) is 14.6 Å². The van der Waals surface area contributed by atoms with Crippen molar-refractivity contribution in [2.24, 2.45) is 0 Å². The highest BCUT2D eigenvalue weighted by molar-refractivity contribution is 7.92. The number of Topliss-reactive ketones (excluding diaryl/α,β-unsaturated/α-hetero) is 1. The molecule has 3 nitrogen and oxygen atoms in total. The third kappa shape index (κ3) is 2.23. The van der Waals surface area contributed by atoms with Crippen LogP contribution in [0.1, 0.15) is 33.1 Å². The standard InChI is InChI=1S/C10H16O3S/c1-3-14(12,13)10-7-5-4-6-9(10)8(2)11/h6,10H,3-5,7H2,1-2H3. The van der Waals surface area contributed by atoms with Gasteiger partial charge in [0.1, 0.15) is 0 Å². The lowest BCUT2D eigenvalue weighted by Crippen LogP contribution is -2.30. The normalized spacial score (nSPS) is 23.0. The SMILES string of the molecule is CCS(=O)(=O)C1CCCC=C1C(C)=O. The molecule has 0 aromatic rings. The van der Waals surface area contributed by atoms with E-state index in [9.17, 15) is 13.2 Å². The fraction of sp³-hybridized carbons (Fsp3) is 0.700. The summed E-state index contributed by atoms with van der Waals surface area (Å²) in [6.45, 7) is 3.07. The fourth-order valence-corrected chi connectivity index (χ4v) is 3.37. The molecule has 0 N–H and O–H groups in total. The predicted molar refractivity (Wildman–Crippen MR) is 55.9 cm³/mol. The molecule has 0 aromatic carbocycles. The van der Waals surface area contributed by atoms with Crippen molar-refractivity contribution in [2.75, 3.05) is 5.75 Å². The Morgan fingerprint density at radius 3 is 2.71 bits per heavy atom. The van der Waals surface area contributed by atoms with Crippen LogP contribution in [0.15, 0.2) is 11.6 Å². The van der Waals surface area contributed by atoms with Crippen LogP contribution in [0.5, 0.6) is 0 Å². The highest BCUT2D eigenvalue weighted by atomic mass is 32.2. The molecule has 14 heavy (non-hydrogen) atoms. The van der Waals surface area contributed by atoms with Gasteiger partial charge in [-0.15, -0.1) is 0 Å². The topological polar surface area (TPSA) is 51.2 Å². The van der Waals surface area contributed by atoms with Crippen molar-refractivity contribution in [2.45, 2.75) is 38.4 Å². The maximum Gasteiger partial charge on any atom is 0.157 e. The quantitative estimate of drug-likeness (QED) is 0.718. The molecule has 0 radical (unpaired) electrons. The summed E-state index contributed by atoms with van der Waals surface area (Å²) >= 11 is 0. The first kappa shape index (κ1) is 11.4. The maximum atomic E-state index is 11.7. The van der Waals surface area contributed by atoms with Gasteiger partial charge in [-0.1, -0.05) is 13.0 Å². The van der Waals surface area contributed by atoms with Gasteiger partial charge < -0.3 is 0 Å². The van der Waals surface area contributed by atoms with Crippen molar-refractivity contribution in [3.8, 4) is 0 Å². The lowest BCUT2D eigenvalue weighted by atomic mass is 9.96. The van der Waals surface area contributed by atoms with Gasteiger partial charge in [0.05, 0.1) is 5.25 Å². The number of carbonyl (C=O) groups is 1. The van der Waals surface area contributed by atoms with Crippen LogP contribution >= 0.6 is 0 Å². The zero-order valence-electron chi connectivity index (χ0n) is 8.62. The molecular weight excluding hydrogens is 200 g/mol. The van der Waals surface area contributed by atoms with Crippen molar-refractivity contribution in [1.82, 2.24) is 0 Å². The summed E-state index contributed by atoms with van der Waals surface area (Å²) in [7, 11) is -3.10. The van der Waals surface area contributed by atoms with Crippen molar-refractivity contribution in [3.63, 3.8) is 0 Å². The van der Waals surface area contributed by atoms with E-state index in [4.69, 9.17) is 0 Å². The van der Waals surface area contributed by atoms with Gasteiger partial charge in [0.15, 0.2) is 15.6 Å². The number of allylic oxidation sites excluding steroid dienone is 1. The number of hydrogen-bond donors (Lipinski definition) is 0. The Morgan fingerprint density at radius 2 is 2.21 bits per heavy atom. The van der Waals surface area contributed by atoms with Gasteiger partial charge in [-0.05, 0) is 26.2 Å². The highest BCUT2D eigenvalue weighted by Gasteiger charge is 2.30. The van der Waals surface area contributed by atoms with Gasteiger partial charge in [-0.25, -0.2) is 8.42 Å². The number of rotatable bonds is 3. The summed E-state index contributed by atoms with van der Waals surface area (Å²) in [5.41, 5.74) is 0.498. The van der Waals surface area contributed by atoms with E-state index < -0.39 is 15.1 Å². The third-order valence-electron chi connectivity index (χ3n) is 2.62. The van der Waals surface area contributed by atoms with Crippen molar-refractivity contribution in [3.05, 3.63) is 11.6 Å². The molecule has 0 saturated heterocycles. The van der Waals surface area contributed by atoms with Gasteiger partial charge >= 0.3 is 0 Å². The smallest absolute Gasteiger partial charge is 0.157 e. The van der Waals surface area contributed by atoms with Gasteiger partial charge in [-0.2, -0.15) is 0 Å². The van der Waals surface area contributed by atoms with E-state index in [1.807, 2.05) is 0 Å². The highest BCUT2D eigenvalue weighted by Crippen LogP contribution is 2.25. The largest absolute Gasteiger partial charge is 0.295 e. The third-order valence-corrected chi connectivity index (χ3v) is 4.79. The minimum Gasteiger partial charge on any atom is -0.295 e. The van der Waals surface area contributed by atoms with Crippen LogP contribution in [0.25, 0.3) is 0 Å². The van der Waals surface area contributed by atoms with Crippen LogP contribution < -0.4 is 0 Å². The lowest BCUT2D eigenvalue weighted by Gasteiger charge is -2.21. The van der Waals surface area contributed by atoms with E-state index in [1.165, 1.54) is 6.92 Å². The Labute approximate surface area is 85.1 Å². The minimum atomic E-state index is -3.10. The molecule has 0 aliphatic heterocycles. The second-order valence-corrected chi connectivity index (χ2v) is 6.06. The molecule has 0 spiro atoms. The molecule has 0 saturated carbocycles. The molecule has 0 aromatic heterocycles. The van der Waals surface area contributed by atoms with Crippen molar-refractivity contribution < 1.29 is 13.2 Å². The summed E-state index contributed by atoms with van der Waals surface area (Å²) in [5, 5.41) is -0.543. The van der Waals surface area contributed by atoms with Crippen LogP contribution in [0.4, 0.5) is 0 Å². The van der Waals surface area contributed by atoms with Gasteiger partial charge in [0.25, 0.3) is 0 Å².